The molecule has 0 atom stereocenters. The minimum Gasteiger partial charge on any atom is -0.435 e. The van der Waals surface area contributed by atoms with Crippen molar-refractivity contribution in [2.24, 2.45) is 0 Å². The molecular weight excluding hydrogens is 366 g/mol. The topological polar surface area (TPSA) is 18.5 Å². The van der Waals surface area contributed by atoms with E-state index in [0.717, 1.165) is 15.6 Å². The molecule has 0 heterocycles. The van der Waals surface area contributed by atoms with Crippen LogP contribution in [0.1, 0.15) is 25.0 Å². The highest BCUT2D eigenvalue weighted by atomic mass is 79.9. The van der Waals surface area contributed by atoms with Crippen LogP contribution in [0.3, 0.4) is 0 Å². The summed E-state index contributed by atoms with van der Waals surface area (Å²) in [6.07, 6.45) is 0. The molecule has 2 aromatic carbocycles. The standard InChI is InChI=1S/C18H19BrF2O2/c1-18(2,12-22-11-13-4-3-5-15(19)10-13)14-6-8-16(9-7-14)23-17(20)21/h3-10,17H,11-12H2,1-2H3. The van der Waals surface area contributed by atoms with Crippen molar-refractivity contribution in [3.63, 3.8) is 0 Å². The lowest BCUT2D eigenvalue weighted by atomic mass is 9.85. The summed E-state index contributed by atoms with van der Waals surface area (Å²) in [7, 11) is 0. The van der Waals surface area contributed by atoms with Crippen LogP contribution in [0.4, 0.5) is 8.78 Å². The molecule has 0 unspecified atom stereocenters. The maximum Gasteiger partial charge on any atom is 0.387 e. The fourth-order valence-electron chi connectivity index (χ4n) is 2.22. The van der Waals surface area contributed by atoms with Crippen molar-refractivity contribution < 1.29 is 18.3 Å². The summed E-state index contributed by atoms with van der Waals surface area (Å²) in [4.78, 5) is 0. The van der Waals surface area contributed by atoms with E-state index in [-0.39, 0.29) is 11.2 Å². The fraction of sp³-hybridized carbons (Fsp3) is 0.333. The molecule has 0 N–H and O–H groups in total. The zero-order valence-corrected chi connectivity index (χ0v) is 14.6. The van der Waals surface area contributed by atoms with Crippen LogP contribution < -0.4 is 4.74 Å². The number of rotatable bonds is 7. The number of ether oxygens (including phenoxy) is 2. The molecule has 2 aromatic rings. The molecule has 23 heavy (non-hydrogen) atoms. The summed E-state index contributed by atoms with van der Waals surface area (Å²) in [6, 6.07) is 14.7. The van der Waals surface area contributed by atoms with Gasteiger partial charge in [0.15, 0.2) is 0 Å². The molecule has 0 saturated carbocycles. The zero-order valence-electron chi connectivity index (χ0n) is 13.1. The van der Waals surface area contributed by atoms with Gasteiger partial charge in [0.1, 0.15) is 5.75 Å². The van der Waals surface area contributed by atoms with Crippen molar-refractivity contribution in [3.8, 4) is 5.75 Å². The van der Waals surface area contributed by atoms with Gasteiger partial charge in [-0.3, -0.25) is 0 Å². The lowest BCUT2D eigenvalue weighted by Crippen LogP contribution is -2.24. The van der Waals surface area contributed by atoms with Gasteiger partial charge in [0.05, 0.1) is 13.2 Å². The second kappa shape index (κ2) is 7.88. The normalized spacial score (nSPS) is 11.7. The van der Waals surface area contributed by atoms with E-state index in [1.165, 1.54) is 0 Å². The van der Waals surface area contributed by atoms with Gasteiger partial charge in [-0.25, -0.2) is 0 Å². The highest BCUT2D eigenvalue weighted by Gasteiger charge is 2.21. The van der Waals surface area contributed by atoms with Crippen molar-refractivity contribution in [2.75, 3.05) is 6.61 Å². The lowest BCUT2D eigenvalue weighted by Gasteiger charge is -2.25. The van der Waals surface area contributed by atoms with Gasteiger partial charge in [-0.05, 0) is 35.4 Å². The average molecular weight is 385 g/mol. The minimum atomic E-state index is -2.80. The minimum absolute atomic E-state index is 0.162. The van der Waals surface area contributed by atoms with E-state index in [4.69, 9.17) is 4.74 Å². The quantitative estimate of drug-likeness (QED) is 0.623. The summed E-state index contributed by atoms with van der Waals surface area (Å²) >= 11 is 3.43. The lowest BCUT2D eigenvalue weighted by molar-refractivity contribution is -0.0498. The monoisotopic (exact) mass is 384 g/mol. The smallest absolute Gasteiger partial charge is 0.387 e. The van der Waals surface area contributed by atoms with Crippen molar-refractivity contribution in [2.45, 2.75) is 32.5 Å². The van der Waals surface area contributed by atoms with Gasteiger partial charge in [-0.2, -0.15) is 8.78 Å². The Morgan fingerprint density at radius 2 is 1.78 bits per heavy atom. The third kappa shape index (κ3) is 5.59. The third-order valence-corrected chi connectivity index (χ3v) is 3.97. The van der Waals surface area contributed by atoms with Crippen LogP contribution in [0.2, 0.25) is 0 Å². The van der Waals surface area contributed by atoms with Crippen molar-refractivity contribution in [1.82, 2.24) is 0 Å². The largest absolute Gasteiger partial charge is 0.435 e. The molecule has 124 valence electrons. The maximum absolute atomic E-state index is 12.2. The van der Waals surface area contributed by atoms with Crippen LogP contribution in [-0.4, -0.2) is 13.2 Å². The molecule has 0 bridgehead atoms. The molecule has 0 radical (unpaired) electrons. The summed E-state index contributed by atoms with van der Waals surface area (Å²) in [5.74, 6) is 0.162. The molecule has 0 amide bonds. The molecule has 0 saturated heterocycles. The van der Waals surface area contributed by atoms with Crippen LogP contribution in [0.25, 0.3) is 0 Å². The van der Waals surface area contributed by atoms with Crippen LogP contribution in [-0.2, 0) is 16.8 Å². The first-order valence-corrected chi connectivity index (χ1v) is 8.04. The van der Waals surface area contributed by atoms with Gasteiger partial charge < -0.3 is 9.47 Å². The van der Waals surface area contributed by atoms with E-state index in [2.05, 4.69) is 34.5 Å². The maximum atomic E-state index is 12.2. The van der Waals surface area contributed by atoms with E-state index in [1.807, 2.05) is 24.3 Å². The first-order chi connectivity index (χ1) is 10.9. The van der Waals surface area contributed by atoms with E-state index in [9.17, 15) is 8.78 Å². The fourth-order valence-corrected chi connectivity index (χ4v) is 2.67. The summed E-state index contributed by atoms with van der Waals surface area (Å²) < 4.78 is 35.5. The Kier molecular flexibility index (Phi) is 6.13. The predicted molar refractivity (Wildman–Crippen MR) is 89.9 cm³/mol. The molecule has 5 heteroatoms. The molecule has 0 aliphatic heterocycles. The Morgan fingerprint density at radius 1 is 1.09 bits per heavy atom. The van der Waals surface area contributed by atoms with E-state index in [0.29, 0.717) is 13.2 Å². The van der Waals surface area contributed by atoms with Crippen molar-refractivity contribution in [3.05, 3.63) is 64.1 Å². The second-order valence-corrected chi connectivity index (χ2v) is 6.83. The van der Waals surface area contributed by atoms with Crippen molar-refractivity contribution >= 4 is 15.9 Å². The van der Waals surface area contributed by atoms with Crippen LogP contribution in [0, 0.1) is 0 Å². The Balaban J connectivity index is 1.92. The number of hydrogen-bond donors (Lipinski definition) is 0. The van der Waals surface area contributed by atoms with Crippen LogP contribution in [0.5, 0.6) is 5.75 Å². The summed E-state index contributed by atoms with van der Waals surface area (Å²) in [5, 5.41) is 0. The zero-order chi connectivity index (χ0) is 16.9. The van der Waals surface area contributed by atoms with E-state index < -0.39 is 6.61 Å². The Morgan fingerprint density at radius 3 is 2.39 bits per heavy atom. The Bertz CT molecular complexity index is 627. The molecule has 0 aromatic heterocycles. The van der Waals surface area contributed by atoms with Gasteiger partial charge in [0, 0.05) is 9.89 Å². The van der Waals surface area contributed by atoms with Crippen LogP contribution in [0.15, 0.2) is 53.0 Å². The number of hydrogen-bond acceptors (Lipinski definition) is 2. The van der Waals surface area contributed by atoms with Crippen LogP contribution >= 0.6 is 15.9 Å². The molecular formula is C18H19BrF2O2. The number of alkyl halides is 2. The number of benzene rings is 2. The number of halogens is 3. The summed E-state index contributed by atoms with van der Waals surface area (Å²) in [6.45, 7) is 2.35. The first-order valence-electron chi connectivity index (χ1n) is 7.24. The second-order valence-electron chi connectivity index (χ2n) is 5.91. The van der Waals surface area contributed by atoms with E-state index >= 15 is 0 Å². The molecule has 2 rings (SSSR count). The summed E-state index contributed by atoms with van der Waals surface area (Å²) in [5.41, 5.74) is 1.87. The average Bonchev–Trinajstić information content (AvgIpc) is 2.47. The Hall–Kier alpha value is -1.46. The van der Waals surface area contributed by atoms with E-state index in [1.54, 1.807) is 24.3 Å². The van der Waals surface area contributed by atoms with Gasteiger partial charge in [-0.1, -0.05) is 54.0 Å². The third-order valence-electron chi connectivity index (χ3n) is 3.48. The van der Waals surface area contributed by atoms with Crippen molar-refractivity contribution in [1.29, 1.82) is 0 Å². The highest BCUT2D eigenvalue weighted by Crippen LogP contribution is 2.26. The van der Waals surface area contributed by atoms with Gasteiger partial charge >= 0.3 is 6.61 Å². The van der Waals surface area contributed by atoms with Gasteiger partial charge in [0.25, 0.3) is 0 Å². The molecule has 0 aliphatic carbocycles. The molecule has 0 aliphatic rings. The highest BCUT2D eigenvalue weighted by molar-refractivity contribution is 9.10. The molecule has 0 spiro atoms. The predicted octanol–water partition coefficient (Wildman–Crippen LogP) is 5.54. The Labute approximate surface area is 143 Å². The van der Waals surface area contributed by atoms with Gasteiger partial charge in [0.2, 0.25) is 0 Å². The first kappa shape index (κ1) is 17.9. The SMILES string of the molecule is CC(C)(COCc1cccc(Br)c1)c1ccc(OC(F)F)cc1. The molecule has 0 fully saturated rings. The van der Waals surface area contributed by atoms with Gasteiger partial charge in [-0.15, -0.1) is 0 Å². The molecule has 2 nitrogen and oxygen atoms in total.